The van der Waals surface area contributed by atoms with Gasteiger partial charge in [0.1, 0.15) is 17.0 Å². The van der Waals surface area contributed by atoms with Crippen LogP contribution in [0.15, 0.2) is 79.5 Å². The third-order valence-corrected chi connectivity index (χ3v) is 6.20. The number of pyridine rings is 3. The maximum Gasteiger partial charge on any atom is 0.159 e. The van der Waals surface area contributed by atoms with E-state index in [1.807, 2.05) is 18.2 Å². The number of allylic oxidation sites excluding steroid dienone is 1. The smallest absolute Gasteiger partial charge is 0.159 e. The number of nitrogens with one attached hydrogen (secondary N) is 3. The van der Waals surface area contributed by atoms with Gasteiger partial charge < -0.3 is 10.3 Å². The lowest BCUT2D eigenvalue weighted by atomic mass is 10.1. The van der Waals surface area contributed by atoms with E-state index in [0.29, 0.717) is 28.6 Å². The van der Waals surface area contributed by atoms with Crippen LogP contribution in [0, 0.1) is 11.7 Å². The van der Waals surface area contributed by atoms with Crippen LogP contribution in [-0.2, 0) is 0 Å². The fourth-order valence-corrected chi connectivity index (χ4v) is 4.52. The molecule has 6 rings (SSSR count). The van der Waals surface area contributed by atoms with Crippen LogP contribution < -0.4 is 5.32 Å². The van der Waals surface area contributed by atoms with Crippen LogP contribution in [0.1, 0.15) is 20.3 Å². The molecule has 0 atom stereocenters. The van der Waals surface area contributed by atoms with Gasteiger partial charge in [0.25, 0.3) is 0 Å². The molecule has 6 aromatic rings. The largest absolute Gasteiger partial charge is 0.358 e. The molecular weight excluding hydrogens is 479 g/mol. The number of benzene rings is 1. The highest BCUT2D eigenvalue weighted by molar-refractivity contribution is 5.96. The molecule has 188 valence electrons. The Morgan fingerprint density at radius 3 is 2.63 bits per heavy atom. The first-order chi connectivity index (χ1) is 18.4. The minimum absolute atomic E-state index is 0.298. The summed E-state index contributed by atoms with van der Waals surface area (Å²) in [6, 6.07) is 12.1. The number of hydrogen-bond donors (Lipinski definition) is 3. The Bertz CT molecular complexity index is 1780. The van der Waals surface area contributed by atoms with Crippen LogP contribution in [0.2, 0.25) is 0 Å². The molecule has 0 aliphatic carbocycles. The Morgan fingerprint density at radius 2 is 1.82 bits per heavy atom. The van der Waals surface area contributed by atoms with Crippen molar-refractivity contribution < 1.29 is 4.39 Å². The lowest BCUT2D eigenvalue weighted by molar-refractivity contribution is 0.628. The third kappa shape index (κ3) is 4.50. The molecule has 0 saturated heterocycles. The number of anilines is 1. The number of aromatic nitrogens is 7. The molecule has 0 bridgehead atoms. The van der Waals surface area contributed by atoms with Crippen LogP contribution in [0.25, 0.3) is 56.0 Å². The van der Waals surface area contributed by atoms with Crippen LogP contribution in [0.5, 0.6) is 0 Å². The van der Waals surface area contributed by atoms with Crippen molar-refractivity contribution in [2.45, 2.75) is 20.3 Å². The molecule has 0 spiro atoms. The Kier molecular flexibility index (Phi) is 5.88. The van der Waals surface area contributed by atoms with Crippen molar-refractivity contribution in [2.75, 3.05) is 5.32 Å². The Morgan fingerprint density at radius 1 is 0.974 bits per heavy atom. The van der Waals surface area contributed by atoms with E-state index in [1.165, 1.54) is 12.1 Å². The maximum atomic E-state index is 13.5. The number of rotatable bonds is 7. The first-order valence-corrected chi connectivity index (χ1v) is 12.3. The highest BCUT2D eigenvalue weighted by Gasteiger charge is 2.17. The highest BCUT2D eigenvalue weighted by atomic mass is 19.1. The van der Waals surface area contributed by atoms with Gasteiger partial charge in [0.2, 0.25) is 0 Å². The van der Waals surface area contributed by atoms with E-state index in [0.717, 1.165) is 51.0 Å². The van der Waals surface area contributed by atoms with Crippen molar-refractivity contribution in [1.29, 1.82) is 0 Å². The van der Waals surface area contributed by atoms with E-state index in [-0.39, 0.29) is 5.82 Å². The third-order valence-electron chi connectivity index (χ3n) is 6.20. The van der Waals surface area contributed by atoms with Gasteiger partial charge in [-0.3, -0.25) is 20.1 Å². The van der Waals surface area contributed by atoms with Crippen LogP contribution in [-0.4, -0.2) is 35.1 Å². The van der Waals surface area contributed by atoms with E-state index < -0.39 is 0 Å². The SMILES string of the molecule is C=C(CC(C)C)Nc1cncc(-c2cc3c(-c4nc5c(-c6ccc(F)cc6)nccc5[nH]4)n[nH]c3cn2)c1. The summed E-state index contributed by atoms with van der Waals surface area (Å²) in [7, 11) is 0. The Hall–Kier alpha value is -4.92. The van der Waals surface area contributed by atoms with Crippen molar-refractivity contribution >= 4 is 27.6 Å². The van der Waals surface area contributed by atoms with Gasteiger partial charge in [0.15, 0.2) is 5.82 Å². The molecule has 0 fully saturated rings. The molecule has 0 unspecified atom stereocenters. The number of imidazole rings is 1. The van der Waals surface area contributed by atoms with Crippen LogP contribution >= 0.6 is 0 Å². The van der Waals surface area contributed by atoms with E-state index in [1.54, 1.807) is 36.9 Å². The van der Waals surface area contributed by atoms with Crippen molar-refractivity contribution in [2.24, 2.45) is 5.92 Å². The second-order valence-electron chi connectivity index (χ2n) is 9.62. The average Bonchev–Trinajstić information content (AvgIpc) is 3.52. The normalized spacial score (nSPS) is 11.5. The first-order valence-electron chi connectivity index (χ1n) is 12.3. The van der Waals surface area contributed by atoms with Gasteiger partial charge in [-0.25, -0.2) is 9.37 Å². The Balaban J connectivity index is 1.38. The zero-order valence-corrected chi connectivity index (χ0v) is 21.0. The number of H-pyrrole nitrogens is 2. The summed E-state index contributed by atoms with van der Waals surface area (Å²) >= 11 is 0. The summed E-state index contributed by atoms with van der Waals surface area (Å²) in [5.41, 5.74) is 7.83. The molecule has 5 aromatic heterocycles. The van der Waals surface area contributed by atoms with Gasteiger partial charge in [-0.1, -0.05) is 20.4 Å². The number of nitrogens with zero attached hydrogens (tertiary/aromatic N) is 5. The minimum atomic E-state index is -0.298. The first kappa shape index (κ1) is 23.5. The molecule has 1 aromatic carbocycles. The van der Waals surface area contributed by atoms with E-state index in [2.05, 4.69) is 55.9 Å². The molecule has 8 nitrogen and oxygen atoms in total. The van der Waals surface area contributed by atoms with E-state index in [9.17, 15) is 4.39 Å². The summed E-state index contributed by atoms with van der Waals surface area (Å²) in [4.78, 5) is 21.7. The minimum Gasteiger partial charge on any atom is -0.358 e. The highest BCUT2D eigenvalue weighted by Crippen LogP contribution is 2.32. The van der Waals surface area contributed by atoms with E-state index >= 15 is 0 Å². The summed E-state index contributed by atoms with van der Waals surface area (Å²) in [6.07, 6.45) is 7.90. The fraction of sp³-hybridized carbons (Fsp3) is 0.138. The molecule has 38 heavy (non-hydrogen) atoms. The zero-order chi connectivity index (χ0) is 26.2. The summed E-state index contributed by atoms with van der Waals surface area (Å²) in [5.74, 6) is 0.807. The summed E-state index contributed by atoms with van der Waals surface area (Å²) < 4.78 is 13.5. The fourth-order valence-electron chi connectivity index (χ4n) is 4.52. The molecule has 0 saturated carbocycles. The van der Waals surface area contributed by atoms with Crippen molar-refractivity contribution in [3.8, 4) is 34.0 Å². The van der Waals surface area contributed by atoms with Gasteiger partial charge in [-0.15, -0.1) is 0 Å². The van der Waals surface area contributed by atoms with E-state index in [4.69, 9.17) is 4.98 Å². The quantitative estimate of drug-likeness (QED) is 0.222. The lowest BCUT2D eigenvalue weighted by Crippen LogP contribution is -2.02. The van der Waals surface area contributed by atoms with Gasteiger partial charge in [-0.05, 0) is 54.8 Å². The molecule has 3 N–H and O–H groups in total. The summed E-state index contributed by atoms with van der Waals surface area (Å²) in [6.45, 7) is 8.44. The van der Waals surface area contributed by atoms with Crippen LogP contribution in [0.3, 0.4) is 0 Å². The van der Waals surface area contributed by atoms with Gasteiger partial charge in [0.05, 0.1) is 40.5 Å². The maximum absolute atomic E-state index is 13.5. The predicted octanol–water partition coefficient (Wildman–Crippen LogP) is 6.74. The molecule has 0 radical (unpaired) electrons. The Labute approximate surface area is 218 Å². The molecule has 5 heterocycles. The number of hydrogen-bond acceptors (Lipinski definition) is 6. The molecule has 0 amide bonds. The van der Waals surface area contributed by atoms with Gasteiger partial charge >= 0.3 is 0 Å². The molecule has 0 aliphatic rings. The van der Waals surface area contributed by atoms with Gasteiger partial charge in [0, 0.05) is 34.6 Å². The van der Waals surface area contributed by atoms with Crippen molar-refractivity contribution in [3.63, 3.8) is 0 Å². The average molecular weight is 505 g/mol. The molecule has 0 aliphatic heterocycles. The number of fused-ring (bicyclic) bond motifs is 2. The number of aromatic amines is 2. The number of halogens is 1. The molecule has 9 heteroatoms. The second kappa shape index (κ2) is 9.51. The molecular formula is C29H25FN8. The zero-order valence-electron chi connectivity index (χ0n) is 21.0. The topological polar surface area (TPSA) is 108 Å². The van der Waals surface area contributed by atoms with Crippen molar-refractivity contribution in [1.82, 2.24) is 35.1 Å². The van der Waals surface area contributed by atoms with Crippen molar-refractivity contribution in [3.05, 3.63) is 85.3 Å². The predicted molar refractivity (Wildman–Crippen MR) is 148 cm³/mol. The lowest BCUT2D eigenvalue weighted by Gasteiger charge is -2.12. The van der Waals surface area contributed by atoms with Crippen LogP contribution in [0.4, 0.5) is 10.1 Å². The second-order valence-corrected chi connectivity index (χ2v) is 9.62. The van der Waals surface area contributed by atoms with Gasteiger partial charge in [-0.2, -0.15) is 5.10 Å². The standard InChI is InChI=1S/C29H25FN8/c1-16(2)10-17(3)34-21-11-19(13-31-14-21)24-12-22-25(15-33-24)37-38-27(22)29-35-23-8-9-32-26(28(23)36-29)18-4-6-20(30)7-5-18/h4-9,11-16,34H,3,10H2,1-2H3,(H,35,36)(H,37,38). The monoisotopic (exact) mass is 504 g/mol. The summed E-state index contributed by atoms with van der Waals surface area (Å²) in [5, 5.41) is 11.8.